The zero-order valence-corrected chi connectivity index (χ0v) is 10.7. The zero-order valence-electron chi connectivity index (χ0n) is 7.58. The van der Waals surface area contributed by atoms with Crippen molar-refractivity contribution in [3.63, 3.8) is 0 Å². The first-order valence-corrected chi connectivity index (χ1v) is 3.63. The van der Waals surface area contributed by atoms with Gasteiger partial charge < -0.3 is 12.9 Å². The molecule has 14 heavy (non-hydrogen) atoms. The van der Waals surface area contributed by atoms with E-state index in [2.05, 4.69) is 4.98 Å². The quantitative estimate of drug-likeness (QED) is 0.481. The van der Waals surface area contributed by atoms with Gasteiger partial charge in [0.05, 0.1) is 0 Å². The molecule has 0 aliphatic rings. The predicted molar refractivity (Wildman–Crippen MR) is 42.4 cm³/mol. The third-order valence-corrected chi connectivity index (χ3v) is 1.39. The van der Waals surface area contributed by atoms with Crippen LogP contribution in [0.25, 0.3) is 0 Å². The van der Waals surface area contributed by atoms with Crippen LogP contribution >= 0.6 is 0 Å². The summed E-state index contributed by atoms with van der Waals surface area (Å²) in [6, 6.07) is 4.00. The average molecular weight is 227 g/mol. The molecule has 0 atom stereocenters. The molecule has 2 nitrogen and oxygen atoms in total. The first-order valence-electron chi connectivity index (χ1n) is 3.63. The van der Waals surface area contributed by atoms with E-state index in [0.29, 0.717) is 6.29 Å². The Morgan fingerprint density at radius 2 is 2.00 bits per heavy atom. The van der Waals surface area contributed by atoms with Crippen LogP contribution in [0.4, 0.5) is 12.9 Å². The minimum atomic E-state index is -4.88. The summed E-state index contributed by atoms with van der Waals surface area (Å²) < 4.78 is 35.7. The number of nitrogens with zero attached hydrogens (tertiary/aromatic N) is 1. The zero-order chi connectivity index (χ0) is 9.90. The number of aromatic nitrogens is 1. The molecule has 0 radical (unpaired) electrons. The number of carbonyl (C=O) groups is 1. The summed E-state index contributed by atoms with van der Waals surface area (Å²) in [5.74, 6) is 0. The molecule has 0 bridgehead atoms. The van der Waals surface area contributed by atoms with Gasteiger partial charge in [-0.1, -0.05) is 6.07 Å². The van der Waals surface area contributed by atoms with Gasteiger partial charge in [0.1, 0.15) is 5.69 Å². The number of hydrogen-bond acceptors (Lipinski definition) is 2. The van der Waals surface area contributed by atoms with Crippen LogP contribution < -0.4 is 51.4 Å². The van der Waals surface area contributed by atoms with Gasteiger partial charge in [-0.15, -0.1) is 0 Å². The topological polar surface area (TPSA) is 30.0 Å². The molecule has 0 unspecified atom stereocenters. The van der Waals surface area contributed by atoms with Gasteiger partial charge in [0.2, 0.25) is 0 Å². The van der Waals surface area contributed by atoms with Gasteiger partial charge in [0.25, 0.3) is 0 Å². The molecule has 0 N–H and O–H groups in total. The van der Waals surface area contributed by atoms with Crippen molar-refractivity contribution in [2.45, 2.75) is 6.32 Å². The summed E-state index contributed by atoms with van der Waals surface area (Å²) >= 11 is 0. The van der Waals surface area contributed by atoms with Gasteiger partial charge in [-0.05, 0) is 18.5 Å². The smallest absolute Gasteiger partial charge is 0.449 e. The molecule has 1 rings (SSSR count). The minimum absolute atomic E-state index is 0. The second kappa shape index (κ2) is 6.02. The van der Waals surface area contributed by atoms with E-state index < -0.39 is 13.3 Å². The largest absolute Gasteiger partial charge is 1.00 e. The van der Waals surface area contributed by atoms with Gasteiger partial charge in [-0.2, -0.15) is 0 Å². The van der Waals surface area contributed by atoms with Gasteiger partial charge in [-0.3, -0.25) is 9.78 Å². The molecule has 0 amide bonds. The second-order valence-electron chi connectivity index (χ2n) is 2.59. The summed E-state index contributed by atoms with van der Waals surface area (Å²) in [5.41, 5.74) is -0.0883. The van der Waals surface area contributed by atoms with Crippen molar-refractivity contribution < 1.29 is 69.1 Å². The van der Waals surface area contributed by atoms with E-state index in [-0.39, 0.29) is 62.8 Å². The SMILES string of the molecule is O=Cc1cccc(C[B-](F)(F)F)n1.[K+]. The predicted octanol–water partition coefficient (Wildman–Crippen LogP) is -1.17. The molecule has 0 aromatic carbocycles. The number of carbonyl (C=O) groups excluding carboxylic acids is 1. The van der Waals surface area contributed by atoms with Crippen LogP contribution in [0.15, 0.2) is 18.2 Å². The number of halogens is 3. The number of aldehydes is 1. The van der Waals surface area contributed by atoms with Crippen LogP contribution in [-0.2, 0) is 6.32 Å². The Morgan fingerprint density at radius 1 is 1.36 bits per heavy atom. The first-order chi connectivity index (χ1) is 6.01. The maximum Gasteiger partial charge on any atom is 1.00 e. The van der Waals surface area contributed by atoms with Crippen molar-refractivity contribution in [2.75, 3.05) is 0 Å². The monoisotopic (exact) mass is 227 g/mol. The van der Waals surface area contributed by atoms with E-state index in [1.807, 2.05) is 0 Å². The van der Waals surface area contributed by atoms with Gasteiger partial charge in [0.15, 0.2) is 6.29 Å². The Morgan fingerprint density at radius 3 is 2.50 bits per heavy atom. The Labute approximate surface area is 122 Å². The number of hydrogen-bond donors (Lipinski definition) is 0. The Hall–Kier alpha value is 0.311. The molecular weight excluding hydrogens is 221 g/mol. The van der Waals surface area contributed by atoms with Crippen molar-refractivity contribution in [3.05, 3.63) is 29.6 Å². The summed E-state index contributed by atoms with van der Waals surface area (Å²) in [4.78, 5) is 13.7. The normalized spacial score (nSPS) is 10.5. The van der Waals surface area contributed by atoms with Crippen molar-refractivity contribution in [1.82, 2.24) is 4.98 Å². The minimum Gasteiger partial charge on any atom is -0.449 e. The fraction of sp³-hybridized carbons (Fsp3) is 0.143. The molecule has 0 aliphatic carbocycles. The first kappa shape index (κ1) is 14.3. The van der Waals surface area contributed by atoms with Crippen molar-refractivity contribution >= 4 is 13.3 Å². The van der Waals surface area contributed by atoms with Crippen LogP contribution in [0.3, 0.4) is 0 Å². The summed E-state index contributed by atoms with van der Waals surface area (Å²) in [6.45, 7) is -4.88. The molecule has 70 valence electrons. The Balaban J connectivity index is 0.00000169. The van der Waals surface area contributed by atoms with Crippen molar-refractivity contribution in [2.24, 2.45) is 0 Å². The second-order valence-corrected chi connectivity index (χ2v) is 2.59. The Bertz CT molecular complexity index is 318. The summed E-state index contributed by atoms with van der Waals surface area (Å²) in [5, 5.41) is 0. The van der Waals surface area contributed by atoms with Crippen molar-refractivity contribution in [3.8, 4) is 0 Å². The molecular formula is C7H6BF3KNO. The van der Waals surface area contributed by atoms with Gasteiger partial charge in [-0.25, -0.2) is 0 Å². The summed E-state index contributed by atoms with van der Waals surface area (Å²) in [6.07, 6.45) is -0.617. The van der Waals surface area contributed by atoms with E-state index in [1.165, 1.54) is 18.2 Å². The molecule has 0 spiro atoms. The van der Waals surface area contributed by atoms with Gasteiger partial charge >= 0.3 is 58.4 Å². The fourth-order valence-corrected chi connectivity index (χ4v) is 0.915. The Kier molecular flexibility index (Phi) is 6.15. The molecule has 1 aromatic heterocycles. The van der Waals surface area contributed by atoms with Crippen LogP contribution in [0.2, 0.25) is 0 Å². The van der Waals surface area contributed by atoms with Crippen LogP contribution in [0.5, 0.6) is 0 Å². The molecule has 0 saturated carbocycles. The van der Waals surface area contributed by atoms with E-state index in [4.69, 9.17) is 0 Å². The number of pyridine rings is 1. The van der Waals surface area contributed by atoms with E-state index in [9.17, 15) is 17.7 Å². The average Bonchev–Trinajstić information content (AvgIpc) is 2.01. The molecule has 7 heteroatoms. The molecule has 0 aliphatic heterocycles. The summed E-state index contributed by atoms with van der Waals surface area (Å²) in [7, 11) is 0. The molecule has 1 aromatic rings. The van der Waals surface area contributed by atoms with Crippen LogP contribution in [-0.4, -0.2) is 18.2 Å². The fourth-order valence-electron chi connectivity index (χ4n) is 0.915. The standard InChI is InChI=1S/C7H6BF3NO.K/c9-8(10,11)4-6-2-1-3-7(5-13)12-6;/h1-3,5H,4H2;/q-1;+1. The molecule has 0 fully saturated rings. The maximum absolute atomic E-state index is 11.9. The van der Waals surface area contributed by atoms with Crippen LogP contribution in [0, 0.1) is 0 Å². The molecule has 0 saturated heterocycles. The maximum atomic E-state index is 11.9. The third kappa shape index (κ3) is 5.26. The van der Waals surface area contributed by atoms with Crippen molar-refractivity contribution in [1.29, 1.82) is 0 Å². The van der Waals surface area contributed by atoms with Gasteiger partial charge in [0, 0.05) is 5.69 Å². The van der Waals surface area contributed by atoms with E-state index in [0.717, 1.165) is 0 Å². The molecule has 1 heterocycles. The van der Waals surface area contributed by atoms with E-state index in [1.54, 1.807) is 0 Å². The van der Waals surface area contributed by atoms with Crippen LogP contribution in [0.1, 0.15) is 16.2 Å². The third-order valence-electron chi connectivity index (χ3n) is 1.39. The van der Waals surface area contributed by atoms with E-state index >= 15 is 0 Å². The number of rotatable bonds is 3.